The molecule has 0 radical (unpaired) electrons. The Morgan fingerprint density at radius 1 is 1.15 bits per heavy atom. The number of amides is 1. The van der Waals surface area contributed by atoms with Gasteiger partial charge in [-0.25, -0.2) is 0 Å². The van der Waals surface area contributed by atoms with Gasteiger partial charge in [0.1, 0.15) is 28.9 Å². The molecular formula is C24H17ClN4O3S. The average Bonchev–Trinajstić information content (AvgIpc) is 3.43. The Kier molecular flexibility index (Phi) is 5.62. The Balaban J connectivity index is 1.35. The van der Waals surface area contributed by atoms with Crippen molar-refractivity contribution in [1.29, 1.82) is 5.41 Å². The maximum atomic E-state index is 12.6. The second-order valence-corrected chi connectivity index (χ2v) is 8.70. The lowest BCUT2D eigenvalue weighted by atomic mass is 10.1. The van der Waals surface area contributed by atoms with Crippen molar-refractivity contribution in [3.63, 3.8) is 0 Å². The van der Waals surface area contributed by atoms with Crippen LogP contribution in [0.15, 0.2) is 80.7 Å². The molecule has 0 aliphatic carbocycles. The fourth-order valence-electron chi connectivity index (χ4n) is 3.33. The minimum absolute atomic E-state index is 0.0703. The van der Waals surface area contributed by atoms with E-state index in [1.165, 1.54) is 22.8 Å². The van der Waals surface area contributed by atoms with Gasteiger partial charge in [-0.1, -0.05) is 41.9 Å². The molecule has 0 saturated heterocycles. The van der Waals surface area contributed by atoms with Gasteiger partial charge in [0.05, 0.1) is 10.6 Å². The van der Waals surface area contributed by atoms with Gasteiger partial charge in [0.2, 0.25) is 5.17 Å². The van der Waals surface area contributed by atoms with E-state index in [4.69, 9.17) is 26.2 Å². The second kappa shape index (κ2) is 8.73. The first-order valence-electron chi connectivity index (χ1n) is 10.0. The number of carbonyl (C=O) groups is 1. The summed E-state index contributed by atoms with van der Waals surface area (Å²) in [4.78, 5) is 16.7. The summed E-state index contributed by atoms with van der Waals surface area (Å²) in [5.41, 5.74) is 1.84. The number of benzene rings is 2. The number of furan rings is 1. The number of hydrogen-bond acceptors (Lipinski definition) is 6. The number of rotatable bonds is 5. The third kappa shape index (κ3) is 4.22. The van der Waals surface area contributed by atoms with Crippen molar-refractivity contribution in [3.8, 4) is 17.1 Å². The molecule has 2 aromatic carbocycles. The molecule has 2 aliphatic heterocycles. The van der Waals surface area contributed by atoms with Crippen LogP contribution < -0.4 is 4.74 Å². The molecule has 0 bridgehead atoms. The van der Waals surface area contributed by atoms with E-state index < -0.39 is 5.91 Å². The SMILES string of the molecule is Cc1ccccc1OCC1=NN2C(=N)C(=Cc3ccc(-c4ccccc4Cl)o3)C(=O)N=C2S1. The van der Waals surface area contributed by atoms with Gasteiger partial charge in [-0.2, -0.15) is 15.1 Å². The molecule has 2 aliphatic rings. The van der Waals surface area contributed by atoms with Gasteiger partial charge in [0.25, 0.3) is 5.91 Å². The maximum absolute atomic E-state index is 12.6. The molecule has 5 rings (SSSR count). The molecule has 0 unspecified atom stereocenters. The number of halogens is 1. The summed E-state index contributed by atoms with van der Waals surface area (Å²) in [6.45, 7) is 2.18. The number of carbonyl (C=O) groups excluding carboxylic acids is 1. The number of nitrogens with zero attached hydrogens (tertiary/aromatic N) is 3. The van der Waals surface area contributed by atoms with E-state index in [-0.39, 0.29) is 18.0 Å². The number of aliphatic imine (C=N–C) groups is 1. The van der Waals surface area contributed by atoms with E-state index in [9.17, 15) is 4.79 Å². The number of thioether (sulfide) groups is 1. The molecule has 1 N–H and O–H groups in total. The molecule has 1 aromatic heterocycles. The largest absolute Gasteiger partial charge is 0.486 e. The van der Waals surface area contributed by atoms with E-state index in [1.54, 1.807) is 18.2 Å². The molecule has 0 atom stereocenters. The predicted octanol–water partition coefficient (Wildman–Crippen LogP) is 5.61. The molecule has 7 nitrogen and oxygen atoms in total. The van der Waals surface area contributed by atoms with E-state index in [0.29, 0.717) is 26.8 Å². The molecular weight excluding hydrogens is 460 g/mol. The first kappa shape index (κ1) is 21.2. The fourth-order valence-corrected chi connectivity index (χ4v) is 4.35. The first-order chi connectivity index (χ1) is 16.0. The average molecular weight is 477 g/mol. The van der Waals surface area contributed by atoms with E-state index in [1.807, 2.05) is 49.4 Å². The number of fused-ring (bicyclic) bond motifs is 1. The van der Waals surface area contributed by atoms with Gasteiger partial charge in [-0.3, -0.25) is 10.2 Å². The summed E-state index contributed by atoms with van der Waals surface area (Å²) >= 11 is 7.45. The van der Waals surface area contributed by atoms with Crippen molar-refractivity contribution in [2.75, 3.05) is 6.61 Å². The van der Waals surface area contributed by atoms with Gasteiger partial charge in [-0.05, 0) is 60.7 Å². The predicted molar refractivity (Wildman–Crippen MR) is 131 cm³/mol. The summed E-state index contributed by atoms with van der Waals surface area (Å²) in [5.74, 6) is 1.14. The third-order valence-corrected chi connectivity index (χ3v) is 6.21. The van der Waals surface area contributed by atoms with Gasteiger partial charge >= 0.3 is 0 Å². The van der Waals surface area contributed by atoms with Crippen molar-refractivity contribution in [2.24, 2.45) is 10.1 Å². The topological polar surface area (TPSA) is 91.2 Å². The Bertz CT molecular complexity index is 1380. The maximum Gasteiger partial charge on any atom is 0.283 e. The molecule has 1 amide bonds. The van der Waals surface area contributed by atoms with E-state index >= 15 is 0 Å². The van der Waals surface area contributed by atoms with Gasteiger partial charge in [0.15, 0.2) is 5.84 Å². The lowest BCUT2D eigenvalue weighted by Crippen LogP contribution is -2.35. The summed E-state index contributed by atoms with van der Waals surface area (Å²) < 4.78 is 11.7. The molecule has 0 spiro atoms. The molecule has 33 heavy (non-hydrogen) atoms. The van der Waals surface area contributed by atoms with Crippen molar-refractivity contribution < 1.29 is 13.9 Å². The van der Waals surface area contributed by atoms with Crippen LogP contribution in [0.5, 0.6) is 5.75 Å². The van der Waals surface area contributed by atoms with Crippen LogP contribution in [0.2, 0.25) is 5.02 Å². The number of amidine groups is 2. The smallest absolute Gasteiger partial charge is 0.283 e. The van der Waals surface area contributed by atoms with Crippen LogP contribution in [-0.4, -0.2) is 33.6 Å². The van der Waals surface area contributed by atoms with Gasteiger partial charge < -0.3 is 9.15 Å². The quantitative estimate of drug-likeness (QED) is 0.483. The summed E-state index contributed by atoms with van der Waals surface area (Å²) in [7, 11) is 0. The number of para-hydroxylation sites is 1. The van der Waals surface area contributed by atoms with Crippen molar-refractivity contribution in [2.45, 2.75) is 6.92 Å². The zero-order valence-electron chi connectivity index (χ0n) is 17.4. The molecule has 0 fully saturated rings. The van der Waals surface area contributed by atoms with Crippen molar-refractivity contribution in [1.82, 2.24) is 5.01 Å². The number of nitrogens with one attached hydrogen (secondary N) is 1. The number of hydrogen-bond donors (Lipinski definition) is 1. The highest BCUT2D eigenvalue weighted by molar-refractivity contribution is 8.27. The lowest BCUT2D eigenvalue weighted by Gasteiger charge is -2.19. The number of ether oxygens (including phenoxy) is 1. The van der Waals surface area contributed by atoms with Crippen LogP contribution in [0.1, 0.15) is 11.3 Å². The fraction of sp³-hybridized carbons (Fsp3) is 0.0833. The standard InChI is InChI=1S/C24H17ClN4O3S/c1-14-6-2-5-9-19(14)31-13-21-28-29-22(26)17(23(30)27-24(29)33-21)12-15-10-11-20(32-15)16-7-3-4-8-18(16)25/h2-12,26H,13H2,1H3. The minimum atomic E-state index is -0.522. The van der Waals surface area contributed by atoms with Crippen LogP contribution in [-0.2, 0) is 4.79 Å². The Hall–Kier alpha value is -3.62. The van der Waals surface area contributed by atoms with Crippen LogP contribution in [0.25, 0.3) is 17.4 Å². The third-order valence-electron chi connectivity index (χ3n) is 4.99. The molecule has 164 valence electrons. The number of hydrazone groups is 1. The zero-order valence-corrected chi connectivity index (χ0v) is 19.0. The molecule has 3 aromatic rings. The second-order valence-electron chi connectivity index (χ2n) is 7.25. The highest BCUT2D eigenvalue weighted by Crippen LogP contribution is 2.32. The first-order valence-corrected chi connectivity index (χ1v) is 11.2. The zero-order chi connectivity index (χ0) is 22.9. The molecule has 3 heterocycles. The normalized spacial score (nSPS) is 16.7. The monoisotopic (exact) mass is 476 g/mol. The van der Waals surface area contributed by atoms with Crippen molar-refractivity contribution >= 4 is 51.4 Å². The molecule has 9 heteroatoms. The van der Waals surface area contributed by atoms with Crippen LogP contribution in [0, 0.1) is 12.3 Å². The van der Waals surface area contributed by atoms with E-state index in [0.717, 1.165) is 16.9 Å². The van der Waals surface area contributed by atoms with Crippen LogP contribution in [0.4, 0.5) is 0 Å². The van der Waals surface area contributed by atoms with Gasteiger partial charge in [0, 0.05) is 5.56 Å². The van der Waals surface area contributed by atoms with Crippen molar-refractivity contribution in [3.05, 3.63) is 82.6 Å². The Morgan fingerprint density at radius 2 is 1.94 bits per heavy atom. The Morgan fingerprint density at radius 3 is 2.76 bits per heavy atom. The van der Waals surface area contributed by atoms with Crippen LogP contribution in [0.3, 0.4) is 0 Å². The van der Waals surface area contributed by atoms with Crippen LogP contribution >= 0.6 is 23.4 Å². The summed E-state index contributed by atoms with van der Waals surface area (Å²) in [6.07, 6.45) is 1.49. The Labute approximate surface area is 198 Å². The number of aryl methyl sites for hydroxylation is 1. The van der Waals surface area contributed by atoms with E-state index in [2.05, 4.69) is 10.1 Å². The highest BCUT2D eigenvalue weighted by atomic mass is 35.5. The molecule has 0 saturated carbocycles. The highest BCUT2D eigenvalue weighted by Gasteiger charge is 2.36. The minimum Gasteiger partial charge on any atom is -0.486 e. The summed E-state index contributed by atoms with van der Waals surface area (Å²) in [5, 5.41) is 15.8. The summed E-state index contributed by atoms with van der Waals surface area (Å²) in [6, 6.07) is 18.5. The lowest BCUT2D eigenvalue weighted by molar-refractivity contribution is -0.114. The van der Waals surface area contributed by atoms with Gasteiger partial charge in [-0.15, -0.1) is 0 Å².